The van der Waals surface area contributed by atoms with Crippen molar-refractivity contribution in [1.29, 1.82) is 0 Å². The van der Waals surface area contributed by atoms with E-state index in [-0.39, 0.29) is 23.9 Å². The summed E-state index contributed by atoms with van der Waals surface area (Å²) in [5, 5.41) is 1.77. The van der Waals surface area contributed by atoms with Gasteiger partial charge in [-0.3, -0.25) is 9.59 Å². The number of anilines is 1. The lowest BCUT2D eigenvalue weighted by Gasteiger charge is -2.21. The van der Waals surface area contributed by atoms with Gasteiger partial charge in [0.25, 0.3) is 0 Å². The molecule has 2 aliphatic rings. The van der Waals surface area contributed by atoms with Gasteiger partial charge in [0.2, 0.25) is 5.91 Å². The van der Waals surface area contributed by atoms with E-state index >= 15 is 0 Å². The van der Waals surface area contributed by atoms with E-state index in [9.17, 15) is 18.0 Å². The number of rotatable bonds is 2. The summed E-state index contributed by atoms with van der Waals surface area (Å²) in [7, 11) is -3.33. The molecule has 3 rings (SSSR count). The van der Waals surface area contributed by atoms with Crippen LogP contribution in [0.3, 0.4) is 0 Å². The van der Waals surface area contributed by atoms with Gasteiger partial charge in [-0.1, -0.05) is 6.42 Å². The normalized spacial score (nSPS) is 24.0. The maximum atomic E-state index is 12.4. The molecule has 6 heteroatoms. The minimum atomic E-state index is -3.33. The van der Waals surface area contributed by atoms with Gasteiger partial charge in [-0.05, 0) is 36.6 Å². The third-order valence-corrected chi connectivity index (χ3v) is 6.06. The summed E-state index contributed by atoms with van der Waals surface area (Å²) >= 11 is 0. The van der Waals surface area contributed by atoms with Crippen LogP contribution in [0, 0.1) is 0 Å². The molecular weight excluding hydrogens is 278 g/mol. The summed E-state index contributed by atoms with van der Waals surface area (Å²) < 4.78 is 24.0. The smallest absolute Gasteiger partial charge is 0.228 e. The first-order valence-corrected chi connectivity index (χ1v) is 8.37. The molecule has 5 nitrogen and oxygen atoms in total. The Morgan fingerprint density at radius 1 is 1.25 bits per heavy atom. The van der Waals surface area contributed by atoms with Crippen molar-refractivity contribution >= 4 is 27.2 Å². The molecule has 0 aliphatic carbocycles. The third kappa shape index (κ3) is 2.24. The summed E-state index contributed by atoms with van der Waals surface area (Å²) in [5.74, 6) is -0.351. The number of Topliss-reactive ketones (excluding diaryl/α,β-unsaturated/α-hetero) is 1. The van der Waals surface area contributed by atoms with Crippen molar-refractivity contribution in [3.05, 3.63) is 29.3 Å². The highest BCUT2D eigenvalue weighted by Crippen LogP contribution is 2.27. The lowest BCUT2D eigenvalue weighted by molar-refractivity contribution is -0.115. The van der Waals surface area contributed by atoms with Gasteiger partial charge in [0, 0.05) is 11.3 Å². The summed E-state index contributed by atoms with van der Waals surface area (Å²) in [6, 6.07) is 4.90. The Morgan fingerprint density at radius 2 is 2.05 bits per heavy atom. The van der Waals surface area contributed by atoms with Gasteiger partial charge in [-0.15, -0.1) is 0 Å². The Hall–Kier alpha value is -1.69. The molecule has 2 heterocycles. The average Bonchev–Trinajstić information content (AvgIpc) is 2.76. The van der Waals surface area contributed by atoms with Crippen LogP contribution in [0.25, 0.3) is 0 Å². The Kier molecular flexibility index (Phi) is 3.12. The van der Waals surface area contributed by atoms with Gasteiger partial charge < -0.3 is 5.32 Å². The number of hydrogen-bond donors (Lipinski definition) is 1. The number of sulfone groups is 1. The van der Waals surface area contributed by atoms with Crippen molar-refractivity contribution < 1.29 is 18.0 Å². The number of amides is 1. The first kappa shape index (κ1) is 13.3. The highest BCUT2D eigenvalue weighted by atomic mass is 32.2. The number of ketones is 1. The second-order valence-electron chi connectivity index (χ2n) is 5.31. The van der Waals surface area contributed by atoms with Crippen LogP contribution in [0.5, 0.6) is 0 Å². The predicted molar refractivity (Wildman–Crippen MR) is 74.5 cm³/mol. The fraction of sp³-hybridized carbons (Fsp3) is 0.429. The molecule has 0 radical (unpaired) electrons. The van der Waals surface area contributed by atoms with Gasteiger partial charge in [-0.2, -0.15) is 0 Å². The number of carbonyl (C=O) groups is 2. The number of nitrogens with one attached hydrogen (secondary N) is 1. The van der Waals surface area contributed by atoms with Crippen molar-refractivity contribution in [2.45, 2.75) is 30.9 Å². The summed E-state index contributed by atoms with van der Waals surface area (Å²) in [5.41, 5.74) is 1.85. The molecule has 1 saturated heterocycles. The highest BCUT2D eigenvalue weighted by molar-refractivity contribution is 7.92. The molecule has 0 saturated carbocycles. The van der Waals surface area contributed by atoms with Gasteiger partial charge in [0.1, 0.15) is 5.25 Å². The first-order chi connectivity index (χ1) is 9.47. The summed E-state index contributed by atoms with van der Waals surface area (Å²) in [6.07, 6.45) is 2.04. The minimum absolute atomic E-state index is 0.0917. The Labute approximate surface area is 117 Å². The molecule has 1 fully saturated rings. The number of hydrogen-bond acceptors (Lipinski definition) is 4. The Bertz CT molecular complexity index is 693. The minimum Gasteiger partial charge on any atom is -0.326 e. The van der Waals surface area contributed by atoms with Crippen molar-refractivity contribution in [2.75, 3.05) is 11.1 Å². The van der Waals surface area contributed by atoms with E-state index in [0.29, 0.717) is 24.1 Å². The predicted octanol–water partition coefficient (Wildman–Crippen LogP) is 1.33. The Morgan fingerprint density at radius 3 is 2.80 bits per heavy atom. The maximum absolute atomic E-state index is 12.4. The molecule has 20 heavy (non-hydrogen) atoms. The molecule has 1 amide bonds. The van der Waals surface area contributed by atoms with Crippen molar-refractivity contribution in [3.8, 4) is 0 Å². The molecule has 1 atom stereocenters. The number of carbonyl (C=O) groups excluding carboxylic acids is 2. The molecule has 1 unspecified atom stereocenters. The van der Waals surface area contributed by atoms with E-state index in [4.69, 9.17) is 0 Å². The van der Waals surface area contributed by atoms with Crippen LogP contribution >= 0.6 is 0 Å². The van der Waals surface area contributed by atoms with E-state index in [0.717, 1.165) is 12.0 Å². The zero-order valence-electron chi connectivity index (χ0n) is 10.9. The van der Waals surface area contributed by atoms with Crippen molar-refractivity contribution in [2.24, 2.45) is 0 Å². The lowest BCUT2D eigenvalue weighted by atomic mass is 10.0. The molecule has 0 spiro atoms. The maximum Gasteiger partial charge on any atom is 0.228 e. The Balaban J connectivity index is 1.92. The third-order valence-electron chi connectivity index (χ3n) is 3.89. The van der Waals surface area contributed by atoms with Gasteiger partial charge in [-0.25, -0.2) is 8.42 Å². The summed E-state index contributed by atoms with van der Waals surface area (Å²) in [4.78, 5) is 23.7. The standard InChI is InChI=1S/C14H15NO4S/c16-13-8-10-7-9(4-5-11(10)15-13)14(17)12-3-1-2-6-20(12,18)19/h4-5,7,12H,1-3,6,8H2,(H,15,16). The van der Waals surface area contributed by atoms with E-state index in [1.54, 1.807) is 18.2 Å². The van der Waals surface area contributed by atoms with Crippen LogP contribution in [-0.2, 0) is 21.1 Å². The SMILES string of the molecule is O=C1Cc2cc(C(=O)C3CCCCS3(=O)=O)ccc2N1. The monoisotopic (exact) mass is 293 g/mol. The fourth-order valence-electron chi connectivity index (χ4n) is 2.82. The molecule has 0 aromatic heterocycles. The van der Waals surface area contributed by atoms with Gasteiger partial charge in [0.05, 0.1) is 12.2 Å². The zero-order valence-corrected chi connectivity index (χ0v) is 11.7. The van der Waals surface area contributed by atoms with Crippen LogP contribution in [0.4, 0.5) is 5.69 Å². The quantitative estimate of drug-likeness (QED) is 0.834. The fourth-order valence-corrected chi connectivity index (χ4v) is 4.70. The number of benzene rings is 1. The molecule has 2 aliphatic heterocycles. The van der Waals surface area contributed by atoms with E-state index in [2.05, 4.69) is 5.32 Å². The van der Waals surface area contributed by atoms with Crippen LogP contribution in [-0.4, -0.2) is 31.1 Å². The largest absolute Gasteiger partial charge is 0.326 e. The van der Waals surface area contributed by atoms with E-state index in [1.807, 2.05) is 0 Å². The summed E-state index contributed by atoms with van der Waals surface area (Å²) in [6.45, 7) is 0. The van der Waals surface area contributed by atoms with Crippen molar-refractivity contribution in [1.82, 2.24) is 0 Å². The van der Waals surface area contributed by atoms with Crippen LogP contribution in [0.1, 0.15) is 35.2 Å². The zero-order chi connectivity index (χ0) is 14.3. The molecule has 1 aromatic carbocycles. The van der Waals surface area contributed by atoms with Crippen LogP contribution < -0.4 is 5.32 Å². The van der Waals surface area contributed by atoms with Crippen LogP contribution in [0.15, 0.2) is 18.2 Å². The number of fused-ring (bicyclic) bond motifs is 1. The molecule has 106 valence electrons. The van der Waals surface area contributed by atoms with Crippen molar-refractivity contribution in [3.63, 3.8) is 0 Å². The first-order valence-electron chi connectivity index (χ1n) is 6.66. The van der Waals surface area contributed by atoms with Gasteiger partial charge in [0.15, 0.2) is 15.6 Å². The molecular formula is C14H15NO4S. The highest BCUT2D eigenvalue weighted by Gasteiger charge is 2.35. The average molecular weight is 293 g/mol. The molecule has 1 aromatic rings. The molecule has 0 bridgehead atoms. The second-order valence-corrected chi connectivity index (χ2v) is 7.62. The van der Waals surface area contributed by atoms with Gasteiger partial charge >= 0.3 is 0 Å². The molecule has 1 N–H and O–H groups in total. The lowest BCUT2D eigenvalue weighted by Crippen LogP contribution is -2.35. The second kappa shape index (κ2) is 4.70. The topological polar surface area (TPSA) is 80.3 Å². The van der Waals surface area contributed by atoms with E-state index in [1.165, 1.54) is 0 Å². The van der Waals surface area contributed by atoms with E-state index < -0.39 is 15.1 Å². The van der Waals surface area contributed by atoms with Crippen LogP contribution in [0.2, 0.25) is 0 Å².